The van der Waals surface area contributed by atoms with Crippen molar-refractivity contribution >= 4 is 11.9 Å². The molecule has 0 heterocycles. The first-order valence-electron chi connectivity index (χ1n) is 11.9. The fraction of sp³-hybridized carbons (Fsp3) is 0.917. The van der Waals surface area contributed by atoms with E-state index in [0.717, 1.165) is 19.3 Å². The molecule has 29 heavy (non-hydrogen) atoms. The Morgan fingerprint density at radius 1 is 0.759 bits per heavy atom. The first kappa shape index (κ1) is 27.9. The number of nitrogens with zero attached hydrogens (tertiary/aromatic N) is 1. The minimum absolute atomic E-state index is 0.0978. The molecule has 2 N–H and O–H groups in total. The monoisotopic (exact) mass is 413 g/mol. The number of likely N-dealkylation sites (N-methyl/N-ethyl adjacent to an activating group) is 1. The van der Waals surface area contributed by atoms with E-state index in [2.05, 4.69) is 6.92 Å². The number of unbranched alkanes of at least 4 members (excludes halogenated alkanes) is 13. The maximum atomic E-state index is 11.8. The second kappa shape index (κ2) is 16.7. The van der Waals surface area contributed by atoms with Gasteiger partial charge in [0.2, 0.25) is 0 Å². The molecule has 0 aliphatic heterocycles. The van der Waals surface area contributed by atoms with E-state index in [1.807, 2.05) is 0 Å². The Kier molecular flexibility index (Phi) is 16.0. The molecule has 0 saturated heterocycles. The van der Waals surface area contributed by atoms with Crippen molar-refractivity contribution in [2.24, 2.45) is 5.92 Å². The number of hydrogen-bond donors (Lipinski definition) is 2. The van der Waals surface area contributed by atoms with E-state index >= 15 is 0 Å². The van der Waals surface area contributed by atoms with Gasteiger partial charge in [-0.05, 0) is 33.4 Å². The molecule has 0 amide bonds. The molecule has 0 bridgehead atoms. The maximum absolute atomic E-state index is 11.8. The van der Waals surface area contributed by atoms with Gasteiger partial charge in [0.1, 0.15) is 5.54 Å². The Balaban J connectivity index is 3.92. The molecule has 2 atom stereocenters. The first-order chi connectivity index (χ1) is 13.8. The predicted octanol–water partition coefficient (Wildman–Crippen LogP) is 6.35. The van der Waals surface area contributed by atoms with Gasteiger partial charge in [-0.1, -0.05) is 96.8 Å². The number of aliphatic carboxylic acids is 2. The van der Waals surface area contributed by atoms with E-state index in [1.165, 1.54) is 70.6 Å². The predicted molar refractivity (Wildman–Crippen MR) is 120 cm³/mol. The van der Waals surface area contributed by atoms with Gasteiger partial charge in [-0.25, -0.2) is 0 Å². The summed E-state index contributed by atoms with van der Waals surface area (Å²) in [4.78, 5) is 24.7. The van der Waals surface area contributed by atoms with Crippen molar-refractivity contribution in [2.45, 2.75) is 122 Å². The lowest BCUT2D eigenvalue weighted by Crippen LogP contribution is -2.54. The quantitative estimate of drug-likeness (QED) is 0.227. The zero-order chi connectivity index (χ0) is 22.1. The number of carboxylic acid groups (broad SMARTS) is 2. The normalized spacial score (nSPS) is 14.7. The topological polar surface area (TPSA) is 77.8 Å². The second-order valence-corrected chi connectivity index (χ2v) is 9.03. The van der Waals surface area contributed by atoms with Gasteiger partial charge in [0.15, 0.2) is 0 Å². The Bertz CT molecular complexity index is 439. The summed E-state index contributed by atoms with van der Waals surface area (Å²) in [5.74, 6) is -2.25. The molecule has 0 aromatic heterocycles. The Morgan fingerprint density at radius 2 is 1.14 bits per heavy atom. The number of rotatable bonds is 20. The smallest absolute Gasteiger partial charge is 0.324 e. The first-order valence-corrected chi connectivity index (χ1v) is 11.9. The molecule has 0 aliphatic carbocycles. The lowest BCUT2D eigenvalue weighted by molar-refractivity contribution is -0.154. The molecular formula is C24H47NO4. The molecule has 5 heteroatoms. The van der Waals surface area contributed by atoms with Crippen molar-refractivity contribution in [1.29, 1.82) is 0 Å². The third-order valence-electron chi connectivity index (χ3n) is 6.48. The molecule has 0 spiro atoms. The fourth-order valence-corrected chi connectivity index (χ4v) is 4.11. The third-order valence-corrected chi connectivity index (χ3v) is 6.48. The molecule has 1 unspecified atom stereocenters. The molecular weight excluding hydrogens is 366 g/mol. The third kappa shape index (κ3) is 12.2. The average Bonchev–Trinajstić information content (AvgIpc) is 2.65. The average molecular weight is 414 g/mol. The molecule has 0 aliphatic rings. The summed E-state index contributed by atoms with van der Waals surface area (Å²) >= 11 is 0. The Hall–Kier alpha value is -1.10. The van der Waals surface area contributed by atoms with Gasteiger partial charge in [-0.15, -0.1) is 0 Å². The van der Waals surface area contributed by atoms with Crippen molar-refractivity contribution in [1.82, 2.24) is 4.90 Å². The number of carbonyl (C=O) groups is 2. The second-order valence-electron chi connectivity index (χ2n) is 9.03. The van der Waals surface area contributed by atoms with E-state index in [1.54, 1.807) is 25.9 Å². The van der Waals surface area contributed by atoms with Crippen LogP contribution in [0.3, 0.4) is 0 Å². The highest BCUT2D eigenvalue weighted by molar-refractivity contribution is 5.80. The van der Waals surface area contributed by atoms with Crippen LogP contribution in [-0.2, 0) is 9.59 Å². The molecule has 0 fully saturated rings. The van der Waals surface area contributed by atoms with Crippen molar-refractivity contribution in [3.05, 3.63) is 0 Å². The van der Waals surface area contributed by atoms with Crippen LogP contribution in [-0.4, -0.2) is 46.7 Å². The molecule has 0 aromatic carbocycles. The van der Waals surface area contributed by atoms with Crippen LogP contribution in [0.1, 0.15) is 117 Å². The zero-order valence-electron chi connectivity index (χ0n) is 19.5. The van der Waals surface area contributed by atoms with Gasteiger partial charge in [0.25, 0.3) is 0 Å². The fourth-order valence-electron chi connectivity index (χ4n) is 4.11. The molecule has 0 saturated carbocycles. The van der Waals surface area contributed by atoms with Crippen LogP contribution in [0.15, 0.2) is 0 Å². The Labute approximate surface area is 179 Å². The van der Waals surface area contributed by atoms with Crippen molar-refractivity contribution < 1.29 is 19.8 Å². The number of carboxylic acids is 2. The molecule has 0 aromatic rings. The summed E-state index contributed by atoms with van der Waals surface area (Å²) in [5.41, 5.74) is -1.14. The van der Waals surface area contributed by atoms with Gasteiger partial charge in [0.05, 0.1) is 6.42 Å². The highest BCUT2D eigenvalue weighted by Crippen LogP contribution is 2.31. The van der Waals surface area contributed by atoms with Crippen LogP contribution in [0.2, 0.25) is 0 Å². The van der Waals surface area contributed by atoms with Gasteiger partial charge >= 0.3 is 11.9 Å². The van der Waals surface area contributed by atoms with Gasteiger partial charge in [-0.3, -0.25) is 14.5 Å². The SMILES string of the molecule is CCCCCCCCCCCCCCCCC(CC(=O)O)[C@@](C)(C(=O)O)N(C)C. The van der Waals surface area contributed by atoms with Crippen LogP contribution in [0, 0.1) is 5.92 Å². The minimum Gasteiger partial charge on any atom is -0.481 e. The van der Waals surface area contributed by atoms with Crippen molar-refractivity contribution in [3.63, 3.8) is 0 Å². The molecule has 5 nitrogen and oxygen atoms in total. The zero-order valence-corrected chi connectivity index (χ0v) is 19.5. The van der Waals surface area contributed by atoms with E-state index in [9.17, 15) is 19.8 Å². The van der Waals surface area contributed by atoms with Crippen LogP contribution in [0.4, 0.5) is 0 Å². The van der Waals surface area contributed by atoms with Crippen molar-refractivity contribution in [2.75, 3.05) is 14.1 Å². The molecule has 0 radical (unpaired) electrons. The van der Waals surface area contributed by atoms with Crippen LogP contribution in [0.25, 0.3) is 0 Å². The lowest BCUT2D eigenvalue weighted by atomic mass is 9.78. The summed E-state index contributed by atoms with van der Waals surface area (Å²) in [6.45, 7) is 3.90. The van der Waals surface area contributed by atoms with Crippen molar-refractivity contribution in [3.8, 4) is 0 Å². The summed E-state index contributed by atoms with van der Waals surface area (Å²) in [6.07, 6.45) is 18.4. The maximum Gasteiger partial charge on any atom is 0.324 e. The van der Waals surface area contributed by atoms with Crippen LogP contribution >= 0.6 is 0 Å². The molecule has 172 valence electrons. The van der Waals surface area contributed by atoms with E-state index in [0.29, 0.717) is 6.42 Å². The largest absolute Gasteiger partial charge is 0.481 e. The van der Waals surface area contributed by atoms with Gasteiger partial charge in [0, 0.05) is 0 Å². The minimum atomic E-state index is -1.14. The highest BCUT2D eigenvalue weighted by Gasteiger charge is 2.44. The van der Waals surface area contributed by atoms with Gasteiger partial charge < -0.3 is 10.2 Å². The van der Waals surface area contributed by atoms with Gasteiger partial charge in [-0.2, -0.15) is 0 Å². The lowest BCUT2D eigenvalue weighted by Gasteiger charge is -2.39. The summed E-state index contributed by atoms with van der Waals surface area (Å²) in [5, 5.41) is 18.9. The summed E-state index contributed by atoms with van der Waals surface area (Å²) in [7, 11) is 3.43. The highest BCUT2D eigenvalue weighted by atomic mass is 16.4. The number of hydrogen-bond acceptors (Lipinski definition) is 3. The standard InChI is InChI=1S/C24H47NO4/c1-5-6-7-8-9-10-11-12-13-14-15-16-17-18-19-21(20-22(26)27)24(2,23(28)29)25(3)4/h21H,5-20H2,1-4H3,(H,26,27)(H,28,29)/t21?,24-/m0/s1. The van der Waals surface area contributed by atoms with Crippen LogP contribution < -0.4 is 0 Å². The van der Waals surface area contributed by atoms with Crippen LogP contribution in [0.5, 0.6) is 0 Å². The van der Waals surface area contributed by atoms with E-state index in [-0.39, 0.29) is 12.3 Å². The molecule has 0 rings (SSSR count). The van der Waals surface area contributed by atoms with E-state index in [4.69, 9.17) is 0 Å². The summed E-state index contributed by atoms with van der Waals surface area (Å²) < 4.78 is 0. The van der Waals surface area contributed by atoms with E-state index < -0.39 is 17.5 Å². The summed E-state index contributed by atoms with van der Waals surface area (Å²) in [6, 6.07) is 0. The Morgan fingerprint density at radius 3 is 1.45 bits per heavy atom.